The summed E-state index contributed by atoms with van der Waals surface area (Å²) < 4.78 is 59.0. The average Bonchev–Trinajstić information content (AvgIpc) is 3.71. The highest BCUT2D eigenvalue weighted by Crippen LogP contribution is 2.48. The van der Waals surface area contributed by atoms with Crippen LogP contribution in [0, 0.1) is 18.4 Å². The fraction of sp³-hybridized carbons (Fsp3) is 0.400. The first-order valence-electron chi connectivity index (χ1n) is 16.7. The number of benzene rings is 2. The number of halogens is 1. The third-order valence-corrected chi connectivity index (χ3v) is 9.82. The van der Waals surface area contributed by atoms with Gasteiger partial charge in [0, 0.05) is 6.42 Å². The number of nitrogen functional groups attached to an aromatic ring is 1. The molecule has 1 unspecified atom stereocenters. The lowest BCUT2D eigenvalue weighted by molar-refractivity contribution is -0.139. The molecular weight excluding hydrogens is 698 g/mol. The first-order valence-corrected chi connectivity index (χ1v) is 18.3. The topological polar surface area (TPSA) is 199 Å². The lowest BCUT2D eigenvalue weighted by Gasteiger charge is -2.31. The largest absolute Gasteiger partial charge is 0.508 e. The number of hydrogen-bond acceptors (Lipinski definition) is 12. The number of imidazole rings is 1. The molecule has 0 radical (unpaired) electrons. The van der Waals surface area contributed by atoms with Gasteiger partial charge in [-0.3, -0.25) is 13.9 Å². The number of aromatic nitrogens is 4. The summed E-state index contributed by atoms with van der Waals surface area (Å²) in [5, 5.41) is 12.6. The van der Waals surface area contributed by atoms with Gasteiger partial charge in [0.25, 0.3) is 0 Å². The Morgan fingerprint density at radius 2 is 1.87 bits per heavy atom. The molecule has 0 aliphatic carbocycles. The molecule has 17 heteroatoms. The van der Waals surface area contributed by atoms with Crippen molar-refractivity contribution in [2.45, 2.75) is 75.8 Å². The molecule has 0 bridgehead atoms. The first-order chi connectivity index (χ1) is 25.0. The molecule has 1 fully saturated rings. The molecule has 276 valence electrons. The minimum Gasteiger partial charge on any atom is -0.480 e. The quantitative estimate of drug-likeness (QED) is 0.0363. The Labute approximate surface area is 299 Å². The van der Waals surface area contributed by atoms with Gasteiger partial charge in [-0.1, -0.05) is 87.1 Å². The highest BCUT2D eigenvalue weighted by Gasteiger charge is 2.53. The standard InChI is InChI=1S/C35H40FN6O9P/c1-3-5-6-7-14-19-47-34(45)49-27-21-28(42-23-38-29-30(37)39-33(36)40-31(29)42)50-35(27,4-2)22-48-52(46,51-25-17-12-9-13-18-25)41-26(32(43)44)20-24-15-10-8-11-16-24/h2,8-13,15-18,23,26-28H,3,5-7,14,19-22H2,1H3,(H,41,46)(H,43,44)(H2,37,39,40)/t26?,27-,28+,35+,52-/m0/s1. The minimum absolute atomic E-state index is 0.0258. The van der Waals surface area contributed by atoms with E-state index in [2.05, 4.69) is 32.9 Å². The van der Waals surface area contributed by atoms with Gasteiger partial charge in [-0.25, -0.2) is 14.3 Å². The summed E-state index contributed by atoms with van der Waals surface area (Å²) in [6.45, 7) is 1.46. The number of carboxylic acids is 1. The number of nitrogens with one attached hydrogen (secondary N) is 1. The molecule has 4 N–H and O–H groups in total. The van der Waals surface area contributed by atoms with E-state index in [4.69, 9.17) is 35.4 Å². The maximum absolute atomic E-state index is 14.5. The van der Waals surface area contributed by atoms with Crippen molar-refractivity contribution >= 4 is 36.9 Å². The summed E-state index contributed by atoms with van der Waals surface area (Å²) >= 11 is 0. The summed E-state index contributed by atoms with van der Waals surface area (Å²) in [7, 11) is -4.60. The van der Waals surface area contributed by atoms with Crippen LogP contribution in [0.15, 0.2) is 67.0 Å². The van der Waals surface area contributed by atoms with Crippen LogP contribution >= 0.6 is 7.75 Å². The molecule has 0 saturated carbocycles. The lowest BCUT2D eigenvalue weighted by Crippen LogP contribution is -2.46. The highest BCUT2D eigenvalue weighted by atomic mass is 31.2. The van der Waals surface area contributed by atoms with Crippen molar-refractivity contribution in [3.05, 3.63) is 78.6 Å². The summed E-state index contributed by atoms with van der Waals surface area (Å²) in [5.41, 5.74) is 4.59. The fourth-order valence-corrected chi connectivity index (χ4v) is 7.13. The number of anilines is 1. The number of fused-ring (bicyclic) bond motifs is 1. The Bertz CT molecular complexity index is 1910. The van der Waals surface area contributed by atoms with E-state index in [1.165, 1.54) is 23.0 Å². The number of ether oxygens (including phenoxy) is 3. The highest BCUT2D eigenvalue weighted by molar-refractivity contribution is 7.52. The predicted octanol–water partition coefficient (Wildman–Crippen LogP) is 5.82. The van der Waals surface area contributed by atoms with E-state index in [-0.39, 0.29) is 42.2 Å². The van der Waals surface area contributed by atoms with Gasteiger partial charge in [-0.05, 0) is 30.5 Å². The maximum atomic E-state index is 14.5. The molecule has 0 amide bonds. The Balaban J connectivity index is 1.42. The van der Waals surface area contributed by atoms with Gasteiger partial charge in [-0.15, -0.1) is 6.42 Å². The lowest BCUT2D eigenvalue weighted by atomic mass is 9.99. The second-order valence-corrected chi connectivity index (χ2v) is 13.7. The molecule has 52 heavy (non-hydrogen) atoms. The van der Waals surface area contributed by atoms with Crippen LogP contribution in [0.2, 0.25) is 0 Å². The Hall–Kier alpha value is -5.07. The van der Waals surface area contributed by atoms with Crippen molar-refractivity contribution in [1.82, 2.24) is 24.6 Å². The Morgan fingerprint density at radius 1 is 1.15 bits per heavy atom. The third-order valence-electron chi connectivity index (χ3n) is 8.28. The minimum atomic E-state index is -4.60. The second kappa shape index (κ2) is 17.4. The number of para-hydroxylation sites is 1. The molecule has 2 aromatic carbocycles. The van der Waals surface area contributed by atoms with Gasteiger partial charge >= 0.3 is 25.9 Å². The fourth-order valence-electron chi connectivity index (χ4n) is 5.60. The number of hydrogen-bond donors (Lipinski definition) is 3. The van der Waals surface area contributed by atoms with E-state index in [1.807, 2.05) is 0 Å². The van der Waals surface area contributed by atoms with Gasteiger partial charge in [0.1, 0.15) is 24.6 Å². The molecule has 3 heterocycles. The van der Waals surface area contributed by atoms with Crippen molar-refractivity contribution in [2.24, 2.45) is 0 Å². The SMILES string of the molecule is C#C[C@]1(CO[P@@](=O)(NC(Cc2ccccc2)C(=O)O)Oc2ccccc2)O[C@@H](n2cnc3c(N)nc(F)nc32)C[C@@H]1OC(=O)OCCCCCCC. The van der Waals surface area contributed by atoms with E-state index in [0.29, 0.717) is 12.0 Å². The van der Waals surface area contributed by atoms with Crippen LogP contribution in [0.3, 0.4) is 0 Å². The van der Waals surface area contributed by atoms with Crippen molar-refractivity contribution < 1.29 is 46.9 Å². The van der Waals surface area contributed by atoms with E-state index < -0.39 is 56.5 Å². The number of carboxylic acid groups (broad SMARTS) is 1. The number of carbonyl (C=O) groups excluding carboxylic acids is 1. The molecule has 4 aromatic rings. The summed E-state index contributed by atoms with van der Waals surface area (Å²) in [6.07, 6.45) is 7.18. The van der Waals surface area contributed by atoms with Crippen LogP contribution in [-0.4, -0.2) is 67.7 Å². The molecule has 15 nitrogen and oxygen atoms in total. The van der Waals surface area contributed by atoms with Crippen LogP contribution in [0.1, 0.15) is 57.2 Å². The number of nitrogens with zero attached hydrogens (tertiary/aromatic N) is 4. The van der Waals surface area contributed by atoms with Crippen LogP contribution in [-0.2, 0) is 34.5 Å². The Kier molecular flexibility index (Phi) is 12.8. The molecule has 1 aliphatic heterocycles. The number of rotatable bonds is 18. The van der Waals surface area contributed by atoms with Gasteiger partial charge in [-0.2, -0.15) is 19.4 Å². The van der Waals surface area contributed by atoms with Crippen LogP contribution < -0.4 is 15.3 Å². The molecule has 0 spiro atoms. The summed E-state index contributed by atoms with van der Waals surface area (Å²) in [5.74, 6) is 1.03. The van der Waals surface area contributed by atoms with Gasteiger partial charge in [0.15, 0.2) is 28.7 Å². The van der Waals surface area contributed by atoms with Crippen molar-refractivity contribution in [3.63, 3.8) is 0 Å². The Morgan fingerprint density at radius 3 is 2.56 bits per heavy atom. The summed E-state index contributed by atoms with van der Waals surface area (Å²) in [4.78, 5) is 36.8. The number of aliphatic carboxylic acids is 1. The first kappa shape index (κ1) is 38.2. The van der Waals surface area contributed by atoms with E-state index in [1.54, 1.807) is 48.5 Å². The predicted molar refractivity (Wildman–Crippen MR) is 186 cm³/mol. The molecule has 1 saturated heterocycles. The van der Waals surface area contributed by atoms with E-state index in [9.17, 15) is 23.7 Å². The zero-order valence-corrected chi connectivity index (χ0v) is 29.3. The zero-order valence-electron chi connectivity index (χ0n) is 28.4. The van der Waals surface area contributed by atoms with Gasteiger partial charge in [0.2, 0.25) is 0 Å². The third kappa shape index (κ3) is 9.62. The number of unbranched alkanes of at least 4 members (excludes halogenated alkanes) is 4. The molecule has 5 atom stereocenters. The normalized spacial score (nSPS) is 20.1. The van der Waals surface area contributed by atoms with Crippen LogP contribution in [0.5, 0.6) is 5.75 Å². The van der Waals surface area contributed by atoms with E-state index in [0.717, 1.165) is 25.7 Å². The van der Waals surface area contributed by atoms with Crippen molar-refractivity contribution in [3.8, 4) is 18.1 Å². The van der Waals surface area contributed by atoms with Gasteiger partial charge in [0.05, 0.1) is 12.9 Å². The maximum Gasteiger partial charge on any atom is 0.508 e. The molecule has 1 aliphatic rings. The molecule has 5 rings (SSSR count). The zero-order chi connectivity index (χ0) is 37.1. The van der Waals surface area contributed by atoms with Gasteiger partial charge < -0.3 is 29.6 Å². The number of nitrogens with two attached hydrogens (primary N) is 1. The second-order valence-electron chi connectivity index (χ2n) is 12.0. The number of terminal acetylenes is 1. The molecule has 2 aromatic heterocycles. The average molecular weight is 739 g/mol. The van der Waals surface area contributed by atoms with E-state index >= 15 is 0 Å². The monoisotopic (exact) mass is 738 g/mol. The molecular formula is C35H40FN6O9P. The van der Waals surface area contributed by atoms with Crippen LogP contribution in [0.4, 0.5) is 15.0 Å². The van der Waals surface area contributed by atoms with Crippen LogP contribution in [0.25, 0.3) is 11.2 Å². The smallest absolute Gasteiger partial charge is 0.480 e. The summed E-state index contributed by atoms with van der Waals surface area (Å²) in [6, 6.07) is 15.2. The number of carbonyl (C=O) groups is 2. The van der Waals surface area contributed by atoms with Crippen molar-refractivity contribution in [1.29, 1.82) is 0 Å². The van der Waals surface area contributed by atoms with Crippen molar-refractivity contribution in [2.75, 3.05) is 18.9 Å².